The van der Waals surface area contributed by atoms with E-state index in [-0.39, 0.29) is 27.4 Å². The van der Waals surface area contributed by atoms with E-state index in [0.717, 1.165) is 29.2 Å². The van der Waals surface area contributed by atoms with Crippen molar-refractivity contribution >= 4 is 33.2 Å². The van der Waals surface area contributed by atoms with Gasteiger partial charge in [0.05, 0.1) is 16.3 Å². The molecule has 0 bridgehead atoms. The van der Waals surface area contributed by atoms with Gasteiger partial charge in [0.15, 0.2) is 5.03 Å². The van der Waals surface area contributed by atoms with Crippen LogP contribution in [0.4, 0.5) is 19.3 Å². The van der Waals surface area contributed by atoms with E-state index < -0.39 is 32.6 Å². The van der Waals surface area contributed by atoms with Crippen LogP contribution in [-0.2, 0) is 9.84 Å². The summed E-state index contributed by atoms with van der Waals surface area (Å²) in [6, 6.07) is 9.02. The lowest BCUT2D eigenvalue weighted by Crippen LogP contribution is -2.26. The third-order valence-corrected chi connectivity index (χ3v) is 6.29. The van der Waals surface area contributed by atoms with Crippen molar-refractivity contribution in [1.29, 1.82) is 0 Å². The topological polar surface area (TPSA) is 87.6 Å². The first-order chi connectivity index (χ1) is 14.0. The second-order valence-corrected chi connectivity index (χ2v) is 8.70. The maximum atomic E-state index is 14.5. The Hall–Kier alpha value is -3.04. The largest absolute Gasteiger partial charge is 0.465 e. The van der Waals surface area contributed by atoms with Crippen molar-refractivity contribution in [3.05, 3.63) is 70.9 Å². The first kappa shape index (κ1) is 21.7. The Morgan fingerprint density at radius 2 is 1.70 bits per heavy atom. The standard InChI is InChI=1S/C20H15ClF2N2O4S/c1-11-19(25(2)20(26)27)16(15-9-13(22)5-8-17(15)23)10-18(24-11)30(28,29)14-6-3-12(21)4-7-14/h3-10H,1-2H3,(H,26,27). The number of aromatic nitrogens is 1. The fourth-order valence-electron chi connectivity index (χ4n) is 2.94. The van der Waals surface area contributed by atoms with E-state index in [1.807, 2.05) is 0 Å². The summed E-state index contributed by atoms with van der Waals surface area (Å²) in [4.78, 5) is 16.2. The summed E-state index contributed by atoms with van der Waals surface area (Å²) >= 11 is 5.81. The van der Waals surface area contributed by atoms with Crippen molar-refractivity contribution < 1.29 is 27.1 Å². The molecule has 0 aliphatic carbocycles. The number of hydrogen-bond donors (Lipinski definition) is 1. The van der Waals surface area contributed by atoms with Crippen molar-refractivity contribution in [3.8, 4) is 11.1 Å². The lowest BCUT2D eigenvalue weighted by atomic mass is 10.0. The zero-order valence-corrected chi connectivity index (χ0v) is 17.3. The van der Waals surface area contributed by atoms with Gasteiger partial charge in [-0.2, -0.15) is 0 Å². The first-order valence-electron chi connectivity index (χ1n) is 8.46. The highest BCUT2D eigenvalue weighted by molar-refractivity contribution is 7.91. The molecule has 3 aromatic rings. The van der Waals surface area contributed by atoms with E-state index in [0.29, 0.717) is 5.02 Å². The quantitative estimate of drug-likeness (QED) is 0.606. The van der Waals surface area contributed by atoms with Gasteiger partial charge in [-0.1, -0.05) is 11.6 Å². The molecule has 0 saturated heterocycles. The molecule has 6 nitrogen and oxygen atoms in total. The lowest BCUT2D eigenvalue weighted by molar-refractivity contribution is 0.203. The average Bonchev–Trinajstić information content (AvgIpc) is 2.69. The summed E-state index contributed by atoms with van der Waals surface area (Å²) < 4.78 is 54.4. The molecule has 0 unspecified atom stereocenters. The Morgan fingerprint density at radius 3 is 2.30 bits per heavy atom. The Morgan fingerprint density at radius 1 is 1.07 bits per heavy atom. The van der Waals surface area contributed by atoms with Gasteiger partial charge in [0.25, 0.3) is 0 Å². The molecule has 0 spiro atoms. The summed E-state index contributed by atoms with van der Waals surface area (Å²) in [5.41, 5.74) is -0.483. The van der Waals surface area contributed by atoms with Crippen molar-refractivity contribution in [3.63, 3.8) is 0 Å². The Bertz CT molecular complexity index is 1250. The molecule has 3 rings (SSSR count). The molecule has 0 aliphatic rings. The number of nitrogens with zero attached hydrogens (tertiary/aromatic N) is 2. The van der Waals surface area contributed by atoms with Gasteiger partial charge >= 0.3 is 6.09 Å². The highest BCUT2D eigenvalue weighted by Crippen LogP contribution is 2.37. The van der Waals surface area contributed by atoms with Gasteiger partial charge in [-0.05, 0) is 55.5 Å². The van der Waals surface area contributed by atoms with Crippen LogP contribution in [0.3, 0.4) is 0 Å². The molecule has 1 aromatic heterocycles. The predicted octanol–water partition coefficient (Wildman–Crippen LogP) is 4.94. The second-order valence-electron chi connectivity index (χ2n) is 6.37. The zero-order valence-electron chi connectivity index (χ0n) is 15.7. The fraction of sp³-hybridized carbons (Fsp3) is 0.100. The average molecular weight is 453 g/mol. The molecule has 0 saturated carbocycles. The van der Waals surface area contributed by atoms with Crippen LogP contribution >= 0.6 is 11.6 Å². The van der Waals surface area contributed by atoms with E-state index in [2.05, 4.69) is 4.98 Å². The van der Waals surface area contributed by atoms with Gasteiger partial charge in [0.2, 0.25) is 9.84 Å². The van der Waals surface area contributed by atoms with Crippen LogP contribution < -0.4 is 4.90 Å². The van der Waals surface area contributed by atoms with Crippen LogP contribution in [0, 0.1) is 18.6 Å². The van der Waals surface area contributed by atoms with Crippen LogP contribution in [0.5, 0.6) is 0 Å². The molecule has 2 aromatic carbocycles. The lowest BCUT2D eigenvalue weighted by Gasteiger charge is -2.21. The minimum absolute atomic E-state index is 0.00796. The molecule has 10 heteroatoms. The van der Waals surface area contributed by atoms with E-state index in [1.54, 1.807) is 0 Å². The molecule has 0 radical (unpaired) electrons. The number of anilines is 1. The number of hydrogen-bond acceptors (Lipinski definition) is 4. The molecule has 156 valence electrons. The monoisotopic (exact) mass is 452 g/mol. The Labute approximate surface area is 176 Å². The molecule has 30 heavy (non-hydrogen) atoms. The van der Waals surface area contributed by atoms with Crippen LogP contribution in [0.25, 0.3) is 11.1 Å². The zero-order chi connectivity index (χ0) is 22.2. The smallest absolute Gasteiger partial charge is 0.411 e. The summed E-state index contributed by atoms with van der Waals surface area (Å²) in [6.45, 7) is 1.39. The maximum absolute atomic E-state index is 14.5. The number of carbonyl (C=O) groups is 1. The van der Waals surface area contributed by atoms with E-state index >= 15 is 0 Å². The molecule has 0 fully saturated rings. The van der Waals surface area contributed by atoms with Crippen molar-refractivity contribution in [1.82, 2.24) is 4.98 Å². The van der Waals surface area contributed by atoms with Crippen LogP contribution in [0.15, 0.2) is 58.5 Å². The number of pyridine rings is 1. The number of carboxylic acid groups (broad SMARTS) is 1. The molecule has 1 heterocycles. The van der Waals surface area contributed by atoms with Crippen LogP contribution in [0.1, 0.15) is 5.69 Å². The number of aryl methyl sites for hydroxylation is 1. The maximum Gasteiger partial charge on any atom is 0.411 e. The van der Waals surface area contributed by atoms with Gasteiger partial charge in [-0.25, -0.2) is 27.0 Å². The molecule has 1 N–H and O–H groups in total. The predicted molar refractivity (Wildman–Crippen MR) is 108 cm³/mol. The Balaban J connectivity index is 2.33. The number of rotatable bonds is 4. The molecular weight excluding hydrogens is 438 g/mol. The molecule has 1 amide bonds. The summed E-state index contributed by atoms with van der Waals surface area (Å²) in [6.07, 6.45) is -1.38. The molecule has 0 aliphatic heterocycles. The second kappa shape index (κ2) is 8.00. The SMILES string of the molecule is Cc1nc(S(=O)(=O)c2ccc(Cl)cc2)cc(-c2cc(F)ccc2F)c1N(C)C(=O)O. The number of benzene rings is 2. The van der Waals surface area contributed by atoms with E-state index in [9.17, 15) is 27.1 Å². The van der Waals surface area contributed by atoms with Crippen LogP contribution in [0.2, 0.25) is 5.02 Å². The summed E-state index contributed by atoms with van der Waals surface area (Å²) in [5, 5.41) is 9.28. The van der Waals surface area contributed by atoms with E-state index in [1.165, 1.54) is 38.2 Å². The van der Waals surface area contributed by atoms with Crippen LogP contribution in [-0.4, -0.2) is 31.6 Å². The highest BCUT2D eigenvalue weighted by Gasteiger charge is 2.26. The van der Waals surface area contributed by atoms with Crippen molar-refractivity contribution in [2.75, 3.05) is 11.9 Å². The summed E-state index contributed by atoms with van der Waals surface area (Å²) in [5.74, 6) is -1.62. The van der Waals surface area contributed by atoms with Gasteiger partial charge in [-0.3, -0.25) is 4.90 Å². The number of sulfone groups is 1. The number of halogens is 3. The molecular formula is C20H15ClF2N2O4S. The minimum atomic E-state index is -4.15. The minimum Gasteiger partial charge on any atom is -0.465 e. The van der Waals surface area contributed by atoms with Crippen molar-refractivity contribution in [2.24, 2.45) is 0 Å². The third-order valence-electron chi connectivity index (χ3n) is 4.38. The summed E-state index contributed by atoms with van der Waals surface area (Å²) in [7, 11) is -2.95. The first-order valence-corrected chi connectivity index (χ1v) is 10.3. The highest BCUT2D eigenvalue weighted by atomic mass is 35.5. The Kier molecular flexibility index (Phi) is 5.78. The van der Waals surface area contributed by atoms with Gasteiger partial charge in [-0.15, -0.1) is 0 Å². The molecule has 0 atom stereocenters. The normalized spacial score (nSPS) is 11.4. The fourth-order valence-corrected chi connectivity index (χ4v) is 4.33. The number of amides is 1. The van der Waals surface area contributed by atoms with Crippen molar-refractivity contribution in [2.45, 2.75) is 16.8 Å². The van der Waals surface area contributed by atoms with Gasteiger partial charge < -0.3 is 5.11 Å². The van der Waals surface area contributed by atoms with Gasteiger partial charge in [0, 0.05) is 23.2 Å². The third kappa shape index (κ3) is 3.99. The van der Waals surface area contributed by atoms with Gasteiger partial charge in [0.1, 0.15) is 11.6 Å². The van der Waals surface area contributed by atoms with E-state index in [4.69, 9.17) is 11.6 Å².